The van der Waals surface area contributed by atoms with E-state index in [1.165, 1.54) is 19.4 Å². The Kier molecular flexibility index (Phi) is 3.03. The molecule has 0 aromatic heterocycles. The van der Waals surface area contributed by atoms with Gasteiger partial charge in [-0.05, 0) is 6.07 Å². The number of carbonyl (C=O) groups is 1. The molecule has 0 unspecified atom stereocenters. The van der Waals surface area contributed by atoms with E-state index in [0.29, 0.717) is 5.56 Å². The maximum atomic E-state index is 10.7. The Bertz CT molecular complexity index is 333. The number of hydrogen-bond acceptors (Lipinski definition) is 3. The van der Waals surface area contributed by atoms with Crippen molar-refractivity contribution < 1.29 is 14.7 Å². The lowest BCUT2D eigenvalue weighted by atomic mass is 10.1. The van der Waals surface area contributed by atoms with E-state index in [4.69, 9.17) is 5.11 Å². The van der Waals surface area contributed by atoms with Crippen LogP contribution in [0, 0.1) is 0 Å². The fourth-order valence-electron chi connectivity index (χ4n) is 0.914. The molecule has 0 saturated heterocycles. The Morgan fingerprint density at radius 1 is 1.54 bits per heavy atom. The van der Waals surface area contributed by atoms with Crippen molar-refractivity contribution >= 4 is 12.2 Å². The average molecular weight is 179 g/mol. The summed E-state index contributed by atoms with van der Waals surface area (Å²) in [4.78, 5) is 15.1. The first-order valence-electron chi connectivity index (χ1n) is 3.64. The number of carboxylic acid groups (broad SMARTS) is 1. The van der Waals surface area contributed by atoms with Crippen molar-refractivity contribution in [3.8, 4) is 0 Å². The zero-order valence-electron chi connectivity index (χ0n) is 7.10. The molecule has 1 aromatic carbocycles. The predicted octanol–water partition coefficient (Wildman–Crippen LogP) is 1.37. The summed E-state index contributed by atoms with van der Waals surface area (Å²) in [6, 6.07) is 6.57. The van der Waals surface area contributed by atoms with Crippen LogP contribution in [0.4, 0.5) is 0 Å². The highest BCUT2D eigenvalue weighted by molar-refractivity contribution is 5.98. The Morgan fingerprint density at radius 2 is 2.23 bits per heavy atom. The van der Waals surface area contributed by atoms with Crippen LogP contribution in [0.5, 0.6) is 0 Å². The molecular formula is C9H9NO3. The largest absolute Gasteiger partial charge is 0.478 e. The number of oxime groups is 1. The lowest BCUT2D eigenvalue weighted by Crippen LogP contribution is -2.01. The molecule has 0 amide bonds. The van der Waals surface area contributed by atoms with Crippen molar-refractivity contribution in [1.82, 2.24) is 0 Å². The van der Waals surface area contributed by atoms with Crippen LogP contribution in [0.3, 0.4) is 0 Å². The molecule has 0 fully saturated rings. The van der Waals surface area contributed by atoms with Gasteiger partial charge in [0.2, 0.25) is 0 Å². The lowest BCUT2D eigenvalue weighted by molar-refractivity contribution is 0.0696. The maximum absolute atomic E-state index is 10.7. The molecule has 0 aliphatic heterocycles. The SMILES string of the molecule is CON=Cc1ccccc1C(=O)O. The van der Waals surface area contributed by atoms with Gasteiger partial charge in [0.15, 0.2) is 0 Å². The second-order valence-corrected chi connectivity index (χ2v) is 2.31. The van der Waals surface area contributed by atoms with Crippen molar-refractivity contribution in [2.24, 2.45) is 5.16 Å². The molecule has 0 heterocycles. The van der Waals surface area contributed by atoms with E-state index in [1.54, 1.807) is 18.2 Å². The smallest absolute Gasteiger partial charge is 0.336 e. The first-order valence-corrected chi connectivity index (χ1v) is 3.64. The summed E-state index contributed by atoms with van der Waals surface area (Å²) in [5.74, 6) is -0.974. The van der Waals surface area contributed by atoms with Crippen LogP contribution >= 0.6 is 0 Å². The van der Waals surface area contributed by atoms with Gasteiger partial charge < -0.3 is 9.94 Å². The van der Waals surface area contributed by atoms with E-state index in [9.17, 15) is 4.79 Å². The third-order valence-corrected chi connectivity index (χ3v) is 1.49. The van der Waals surface area contributed by atoms with Crippen LogP contribution in [0.15, 0.2) is 29.4 Å². The predicted molar refractivity (Wildman–Crippen MR) is 48.0 cm³/mol. The van der Waals surface area contributed by atoms with Crippen LogP contribution in [-0.4, -0.2) is 24.4 Å². The van der Waals surface area contributed by atoms with Crippen molar-refractivity contribution in [2.45, 2.75) is 0 Å². The fourth-order valence-corrected chi connectivity index (χ4v) is 0.914. The van der Waals surface area contributed by atoms with Crippen LogP contribution in [0.2, 0.25) is 0 Å². The molecule has 0 aliphatic carbocycles. The van der Waals surface area contributed by atoms with Gasteiger partial charge in [0.25, 0.3) is 0 Å². The monoisotopic (exact) mass is 179 g/mol. The van der Waals surface area contributed by atoms with E-state index in [-0.39, 0.29) is 5.56 Å². The molecule has 1 N–H and O–H groups in total. The zero-order valence-corrected chi connectivity index (χ0v) is 7.10. The molecule has 1 aromatic rings. The molecule has 1 rings (SSSR count). The van der Waals surface area contributed by atoms with E-state index in [1.807, 2.05) is 0 Å². The van der Waals surface area contributed by atoms with Gasteiger partial charge in [0, 0.05) is 5.56 Å². The Morgan fingerprint density at radius 3 is 2.85 bits per heavy atom. The molecule has 4 nitrogen and oxygen atoms in total. The number of nitrogens with zero attached hydrogens (tertiary/aromatic N) is 1. The quantitative estimate of drug-likeness (QED) is 0.563. The first-order chi connectivity index (χ1) is 6.25. The summed E-state index contributed by atoms with van der Waals surface area (Å²) < 4.78 is 0. The normalized spacial score (nSPS) is 10.2. The number of benzene rings is 1. The molecule has 13 heavy (non-hydrogen) atoms. The van der Waals surface area contributed by atoms with Gasteiger partial charge in [-0.3, -0.25) is 0 Å². The lowest BCUT2D eigenvalue weighted by Gasteiger charge is -1.98. The van der Waals surface area contributed by atoms with Crippen LogP contribution in [-0.2, 0) is 4.84 Å². The fraction of sp³-hybridized carbons (Fsp3) is 0.111. The highest BCUT2D eigenvalue weighted by Crippen LogP contribution is 2.05. The molecule has 0 aliphatic rings. The summed E-state index contributed by atoms with van der Waals surface area (Å²) in [7, 11) is 1.40. The second kappa shape index (κ2) is 4.25. The van der Waals surface area contributed by atoms with Gasteiger partial charge in [-0.25, -0.2) is 4.79 Å². The van der Waals surface area contributed by atoms with Crippen molar-refractivity contribution in [2.75, 3.05) is 7.11 Å². The van der Waals surface area contributed by atoms with Crippen LogP contribution in [0.25, 0.3) is 0 Å². The number of carboxylic acids is 1. The highest BCUT2D eigenvalue weighted by Gasteiger charge is 2.06. The summed E-state index contributed by atoms with van der Waals surface area (Å²) in [5, 5.41) is 12.3. The summed E-state index contributed by atoms with van der Waals surface area (Å²) in [6.45, 7) is 0. The van der Waals surface area contributed by atoms with Crippen molar-refractivity contribution in [3.63, 3.8) is 0 Å². The molecule has 0 spiro atoms. The minimum absolute atomic E-state index is 0.211. The molecular weight excluding hydrogens is 170 g/mol. The standard InChI is InChI=1S/C9H9NO3/c1-13-10-6-7-4-2-3-5-8(7)9(11)12/h2-6H,1H3,(H,11,12). The second-order valence-electron chi connectivity index (χ2n) is 2.31. The summed E-state index contributed by atoms with van der Waals surface area (Å²) >= 11 is 0. The van der Waals surface area contributed by atoms with Gasteiger partial charge in [-0.15, -0.1) is 0 Å². The average Bonchev–Trinajstić information content (AvgIpc) is 2.15. The van der Waals surface area contributed by atoms with Crippen molar-refractivity contribution in [1.29, 1.82) is 0 Å². The number of aromatic carboxylic acids is 1. The Balaban J connectivity index is 3.05. The first kappa shape index (κ1) is 9.25. The van der Waals surface area contributed by atoms with Crippen LogP contribution < -0.4 is 0 Å². The number of hydrogen-bond donors (Lipinski definition) is 1. The minimum atomic E-state index is -0.974. The van der Waals surface area contributed by atoms with E-state index in [0.717, 1.165) is 0 Å². The van der Waals surface area contributed by atoms with Gasteiger partial charge in [-0.2, -0.15) is 0 Å². The minimum Gasteiger partial charge on any atom is -0.478 e. The third kappa shape index (κ3) is 2.30. The van der Waals surface area contributed by atoms with E-state index < -0.39 is 5.97 Å². The Labute approximate surface area is 75.4 Å². The topological polar surface area (TPSA) is 58.9 Å². The third-order valence-electron chi connectivity index (χ3n) is 1.49. The highest BCUT2D eigenvalue weighted by atomic mass is 16.6. The molecule has 4 heteroatoms. The van der Waals surface area contributed by atoms with E-state index >= 15 is 0 Å². The summed E-state index contributed by atoms with van der Waals surface area (Å²) in [6.07, 6.45) is 1.36. The number of rotatable bonds is 3. The molecule has 0 atom stereocenters. The molecule has 0 radical (unpaired) electrons. The summed E-state index contributed by atoms with van der Waals surface area (Å²) in [5.41, 5.74) is 0.736. The molecule has 0 bridgehead atoms. The van der Waals surface area contributed by atoms with Crippen LogP contribution in [0.1, 0.15) is 15.9 Å². The molecule has 0 saturated carbocycles. The van der Waals surface area contributed by atoms with Gasteiger partial charge >= 0.3 is 5.97 Å². The maximum Gasteiger partial charge on any atom is 0.336 e. The van der Waals surface area contributed by atoms with Gasteiger partial charge in [0.1, 0.15) is 7.11 Å². The van der Waals surface area contributed by atoms with E-state index in [2.05, 4.69) is 9.99 Å². The molecule has 68 valence electrons. The van der Waals surface area contributed by atoms with Gasteiger partial charge in [0.05, 0.1) is 11.8 Å². The Hall–Kier alpha value is -1.84. The van der Waals surface area contributed by atoms with Crippen molar-refractivity contribution in [3.05, 3.63) is 35.4 Å². The van der Waals surface area contributed by atoms with Gasteiger partial charge in [-0.1, -0.05) is 23.4 Å². The zero-order chi connectivity index (χ0) is 9.68.